The molecule has 1 aliphatic heterocycles. The van der Waals surface area contributed by atoms with Crippen molar-refractivity contribution < 1.29 is 36.6 Å². The molecule has 0 aromatic rings. The number of thiocarbonyl (C=S) groups is 1. The number of hydrogen-bond donors (Lipinski definition) is 0. The van der Waals surface area contributed by atoms with Crippen molar-refractivity contribution >= 4 is 52.5 Å². The standard InChI is InChI=1S/C10H6F4O4S3/c1-17-7(15)4-5(8(16)18-2)21-9(20-4)3(11)6(19)10(12,13)14/h1-2H3. The number of esters is 2. The average molecular weight is 362 g/mol. The van der Waals surface area contributed by atoms with Crippen molar-refractivity contribution in [1.82, 2.24) is 0 Å². The van der Waals surface area contributed by atoms with Gasteiger partial charge < -0.3 is 9.47 Å². The number of rotatable bonds is 3. The predicted molar refractivity (Wildman–Crippen MR) is 73.0 cm³/mol. The summed E-state index contributed by atoms with van der Waals surface area (Å²) in [5.41, 5.74) is 0. The van der Waals surface area contributed by atoms with Crippen LogP contribution in [0.3, 0.4) is 0 Å². The lowest BCUT2D eigenvalue weighted by Gasteiger charge is -2.07. The van der Waals surface area contributed by atoms with E-state index in [2.05, 4.69) is 21.7 Å². The number of allylic oxidation sites excluding steroid dienone is 1. The van der Waals surface area contributed by atoms with Crippen molar-refractivity contribution in [2.24, 2.45) is 0 Å². The van der Waals surface area contributed by atoms with Crippen molar-refractivity contribution in [1.29, 1.82) is 0 Å². The van der Waals surface area contributed by atoms with Crippen molar-refractivity contribution in [3.63, 3.8) is 0 Å². The molecule has 1 rings (SSSR count). The Morgan fingerprint density at radius 3 is 1.71 bits per heavy atom. The summed E-state index contributed by atoms with van der Waals surface area (Å²) in [4.78, 5) is 20.3. The number of alkyl halides is 3. The van der Waals surface area contributed by atoms with Gasteiger partial charge in [-0.1, -0.05) is 35.7 Å². The molecule has 0 N–H and O–H groups in total. The van der Waals surface area contributed by atoms with Crippen LogP contribution in [0.1, 0.15) is 0 Å². The quantitative estimate of drug-likeness (QED) is 0.331. The van der Waals surface area contributed by atoms with Gasteiger partial charge in [-0.15, -0.1) is 0 Å². The third kappa shape index (κ3) is 3.98. The van der Waals surface area contributed by atoms with Crippen molar-refractivity contribution in [3.8, 4) is 0 Å². The zero-order chi connectivity index (χ0) is 16.4. The van der Waals surface area contributed by atoms with Crippen LogP contribution in [0.2, 0.25) is 0 Å². The van der Waals surface area contributed by atoms with E-state index >= 15 is 0 Å². The van der Waals surface area contributed by atoms with Crippen LogP contribution in [0.25, 0.3) is 0 Å². The van der Waals surface area contributed by atoms with Crippen LogP contribution >= 0.6 is 35.7 Å². The fraction of sp³-hybridized carbons (Fsp3) is 0.300. The van der Waals surface area contributed by atoms with E-state index in [0.717, 1.165) is 14.2 Å². The third-order valence-corrected chi connectivity index (χ3v) is 4.89. The Labute approximate surface area is 129 Å². The number of halogens is 4. The maximum Gasteiger partial charge on any atom is 0.429 e. The van der Waals surface area contributed by atoms with E-state index in [1.165, 1.54) is 0 Å². The van der Waals surface area contributed by atoms with Gasteiger partial charge in [-0.3, -0.25) is 0 Å². The first-order chi connectivity index (χ1) is 9.63. The van der Waals surface area contributed by atoms with Crippen LogP contribution in [0.5, 0.6) is 0 Å². The van der Waals surface area contributed by atoms with E-state index in [4.69, 9.17) is 0 Å². The van der Waals surface area contributed by atoms with E-state index in [9.17, 15) is 27.2 Å². The summed E-state index contributed by atoms with van der Waals surface area (Å²) < 4.78 is 59.0. The minimum Gasteiger partial charge on any atom is -0.465 e. The summed E-state index contributed by atoms with van der Waals surface area (Å²) in [5, 5.41) is 0. The molecule has 1 aliphatic rings. The summed E-state index contributed by atoms with van der Waals surface area (Å²) in [6.45, 7) is 0. The second-order valence-corrected chi connectivity index (χ2v) is 5.98. The molecule has 11 heteroatoms. The average Bonchev–Trinajstić information content (AvgIpc) is 2.87. The summed E-state index contributed by atoms with van der Waals surface area (Å²) in [6.07, 6.45) is -5.03. The highest BCUT2D eigenvalue weighted by Gasteiger charge is 2.41. The topological polar surface area (TPSA) is 52.6 Å². The Hall–Kier alpha value is -1.07. The molecule has 1 heterocycles. The molecular formula is C10H6F4O4S3. The summed E-state index contributed by atoms with van der Waals surface area (Å²) in [6, 6.07) is 0. The highest BCUT2D eigenvalue weighted by atomic mass is 32.2. The van der Waals surface area contributed by atoms with Crippen molar-refractivity contribution in [2.45, 2.75) is 6.18 Å². The summed E-state index contributed by atoms with van der Waals surface area (Å²) in [5.74, 6) is -3.71. The molecule has 0 fully saturated rings. The first kappa shape index (κ1) is 18.0. The van der Waals surface area contributed by atoms with Gasteiger partial charge in [0.25, 0.3) is 0 Å². The van der Waals surface area contributed by atoms with Gasteiger partial charge in [0, 0.05) is 0 Å². The zero-order valence-electron chi connectivity index (χ0n) is 10.4. The van der Waals surface area contributed by atoms with Gasteiger partial charge in [0.15, 0.2) is 10.7 Å². The van der Waals surface area contributed by atoms with Crippen LogP contribution in [0.4, 0.5) is 17.6 Å². The third-order valence-electron chi connectivity index (χ3n) is 1.97. The number of methoxy groups -OCH3 is 2. The van der Waals surface area contributed by atoms with Crippen LogP contribution in [0.15, 0.2) is 19.9 Å². The van der Waals surface area contributed by atoms with E-state index in [-0.39, 0.29) is 9.81 Å². The molecule has 0 radical (unpaired) electrons. The van der Waals surface area contributed by atoms with E-state index < -0.39 is 33.0 Å². The first-order valence-corrected chi connectivity index (χ1v) is 6.95. The lowest BCUT2D eigenvalue weighted by Crippen LogP contribution is -2.21. The lowest BCUT2D eigenvalue weighted by atomic mass is 10.4. The van der Waals surface area contributed by atoms with Gasteiger partial charge in [0.1, 0.15) is 9.81 Å². The van der Waals surface area contributed by atoms with Gasteiger partial charge in [-0.25, -0.2) is 14.0 Å². The molecule has 0 unspecified atom stereocenters. The Balaban J connectivity index is 3.19. The van der Waals surface area contributed by atoms with Crippen molar-refractivity contribution in [3.05, 3.63) is 19.9 Å². The maximum absolute atomic E-state index is 13.7. The number of carbonyl (C=O) groups excluding carboxylic acids is 2. The fourth-order valence-corrected chi connectivity index (χ4v) is 3.65. The molecule has 0 atom stereocenters. The normalized spacial score (nSPS) is 15.0. The van der Waals surface area contributed by atoms with E-state index in [1.54, 1.807) is 0 Å². The first-order valence-electron chi connectivity index (χ1n) is 4.91. The fourth-order valence-electron chi connectivity index (χ4n) is 1.06. The molecule has 0 aliphatic carbocycles. The molecule has 4 nitrogen and oxygen atoms in total. The van der Waals surface area contributed by atoms with Gasteiger partial charge >= 0.3 is 18.1 Å². The van der Waals surface area contributed by atoms with Crippen LogP contribution in [-0.2, 0) is 19.1 Å². The highest BCUT2D eigenvalue weighted by Crippen LogP contribution is 2.52. The Morgan fingerprint density at radius 2 is 1.43 bits per heavy atom. The molecule has 0 aromatic heterocycles. The molecule has 0 bridgehead atoms. The van der Waals surface area contributed by atoms with Crippen LogP contribution in [0, 0.1) is 0 Å². The molecule has 0 saturated carbocycles. The van der Waals surface area contributed by atoms with Gasteiger partial charge in [0.05, 0.1) is 18.5 Å². The summed E-state index contributed by atoms with van der Waals surface area (Å²) in [7, 11) is 2.02. The minimum atomic E-state index is -5.03. The van der Waals surface area contributed by atoms with Crippen molar-refractivity contribution in [2.75, 3.05) is 14.2 Å². The zero-order valence-corrected chi connectivity index (χ0v) is 12.8. The smallest absolute Gasteiger partial charge is 0.429 e. The molecule has 0 amide bonds. The molecule has 0 saturated heterocycles. The molecule has 0 aromatic carbocycles. The molecule has 116 valence electrons. The molecule has 0 spiro atoms. The van der Waals surface area contributed by atoms with E-state index in [0.29, 0.717) is 23.5 Å². The monoisotopic (exact) mass is 362 g/mol. The Bertz CT molecular complexity index is 535. The Morgan fingerprint density at radius 1 is 1.05 bits per heavy atom. The molecular weight excluding hydrogens is 356 g/mol. The number of hydrogen-bond acceptors (Lipinski definition) is 7. The van der Waals surface area contributed by atoms with Gasteiger partial charge in [-0.05, 0) is 0 Å². The maximum atomic E-state index is 13.7. The number of thioether (sulfide) groups is 2. The van der Waals surface area contributed by atoms with Crippen LogP contribution in [-0.4, -0.2) is 37.2 Å². The van der Waals surface area contributed by atoms with E-state index in [1.807, 2.05) is 0 Å². The minimum absolute atomic E-state index is 0.332. The second kappa shape index (κ2) is 6.79. The SMILES string of the molecule is COC(=O)C1=C(C(=O)OC)SC(=C(F)C(=S)C(F)(F)F)S1. The lowest BCUT2D eigenvalue weighted by molar-refractivity contribution is -0.138. The second-order valence-electron chi connectivity index (χ2n) is 3.27. The predicted octanol–water partition coefficient (Wildman–Crippen LogP) is 3.09. The number of ether oxygens (including phenoxy) is 2. The van der Waals surface area contributed by atoms with Crippen LogP contribution < -0.4 is 0 Å². The number of carbonyl (C=O) groups is 2. The summed E-state index contributed by atoms with van der Waals surface area (Å²) >= 11 is 4.64. The largest absolute Gasteiger partial charge is 0.465 e. The highest BCUT2D eigenvalue weighted by molar-refractivity contribution is 8.29. The molecule has 21 heavy (non-hydrogen) atoms. The Kier molecular flexibility index (Phi) is 5.82. The van der Waals surface area contributed by atoms with Gasteiger partial charge in [-0.2, -0.15) is 13.2 Å². The van der Waals surface area contributed by atoms with Gasteiger partial charge in [0.2, 0.25) is 0 Å².